The van der Waals surface area contributed by atoms with E-state index in [1.807, 2.05) is 6.26 Å². The van der Waals surface area contributed by atoms with Crippen molar-refractivity contribution in [2.24, 2.45) is 7.05 Å². The van der Waals surface area contributed by atoms with Gasteiger partial charge in [-0.05, 0) is 29.4 Å². The number of aliphatic carboxylic acids is 1. The minimum absolute atomic E-state index is 0.0482. The molecule has 0 saturated heterocycles. The molecule has 0 fully saturated rings. The number of carboxylic acid groups (broad SMARTS) is 1. The fourth-order valence-electron chi connectivity index (χ4n) is 1.64. The number of carbonyl (C=O) groups is 2. The van der Waals surface area contributed by atoms with Crippen molar-refractivity contribution in [2.75, 3.05) is 12.0 Å². The quantitative estimate of drug-likeness (QED) is 0.570. The van der Waals surface area contributed by atoms with Crippen molar-refractivity contribution in [3.63, 3.8) is 0 Å². The zero-order valence-corrected chi connectivity index (χ0v) is 11.8. The third-order valence-corrected chi connectivity index (χ3v) is 3.37. The van der Waals surface area contributed by atoms with E-state index in [-0.39, 0.29) is 17.9 Å². The van der Waals surface area contributed by atoms with Crippen LogP contribution in [0.25, 0.3) is 0 Å². The Morgan fingerprint density at radius 2 is 2.20 bits per heavy atom. The number of rotatable bonds is 7. The summed E-state index contributed by atoms with van der Waals surface area (Å²) >= 11 is 1.47. The molecule has 1 aromatic heterocycles. The SMILES string of the molecule is CSCC[C@H](NC(=O)c1ccc([N+](=O)[O-])n1C)C(=O)O. The fraction of sp³-hybridized carbons (Fsp3) is 0.455. The molecule has 9 heteroatoms. The molecule has 0 aromatic carbocycles. The molecule has 1 aromatic rings. The first-order valence-corrected chi connectivity index (χ1v) is 7.10. The maximum Gasteiger partial charge on any atom is 0.326 e. The van der Waals surface area contributed by atoms with Crippen LogP contribution in [0.5, 0.6) is 0 Å². The average Bonchev–Trinajstić information content (AvgIpc) is 2.75. The van der Waals surface area contributed by atoms with Crippen LogP contribution in [0.1, 0.15) is 16.9 Å². The minimum Gasteiger partial charge on any atom is -0.480 e. The van der Waals surface area contributed by atoms with Crippen LogP contribution in [0.3, 0.4) is 0 Å². The molecule has 0 aliphatic heterocycles. The number of carbonyl (C=O) groups excluding carboxylic acids is 1. The van der Waals surface area contributed by atoms with E-state index in [2.05, 4.69) is 5.32 Å². The van der Waals surface area contributed by atoms with Crippen LogP contribution in [0, 0.1) is 10.1 Å². The Labute approximate surface area is 119 Å². The van der Waals surface area contributed by atoms with Crippen LogP contribution in [0.2, 0.25) is 0 Å². The van der Waals surface area contributed by atoms with Gasteiger partial charge in [-0.15, -0.1) is 0 Å². The Kier molecular flexibility index (Phi) is 5.56. The molecule has 0 bridgehead atoms. The van der Waals surface area contributed by atoms with Crippen LogP contribution in [0.4, 0.5) is 5.82 Å². The van der Waals surface area contributed by atoms with Crippen molar-refractivity contribution < 1.29 is 19.6 Å². The van der Waals surface area contributed by atoms with Gasteiger partial charge < -0.3 is 20.5 Å². The molecule has 1 rings (SSSR count). The van der Waals surface area contributed by atoms with E-state index in [0.29, 0.717) is 5.75 Å². The maximum absolute atomic E-state index is 12.0. The highest BCUT2D eigenvalue weighted by Crippen LogP contribution is 2.15. The van der Waals surface area contributed by atoms with Gasteiger partial charge in [-0.3, -0.25) is 4.79 Å². The zero-order valence-electron chi connectivity index (χ0n) is 11.0. The number of nitro groups is 1. The minimum atomic E-state index is -1.13. The van der Waals surface area contributed by atoms with Gasteiger partial charge >= 0.3 is 11.8 Å². The van der Waals surface area contributed by atoms with Crippen LogP contribution in [0.15, 0.2) is 12.1 Å². The van der Waals surface area contributed by atoms with Crippen molar-refractivity contribution in [1.82, 2.24) is 9.88 Å². The molecule has 1 heterocycles. The summed E-state index contributed by atoms with van der Waals surface area (Å²) in [6.45, 7) is 0. The second-order valence-electron chi connectivity index (χ2n) is 4.04. The first-order valence-electron chi connectivity index (χ1n) is 5.71. The van der Waals surface area contributed by atoms with Gasteiger partial charge in [-0.2, -0.15) is 11.8 Å². The molecule has 8 nitrogen and oxygen atoms in total. The molecular formula is C11H15N3O5S. The molecule has 0 radical (unpaired) electrons. The number of hydrogen-bond acceptors (Lipinski definition) is 5. The lowest BCUT2D eigenvalue weighted by molar-refractivity contribution is -0.391. The normalized spacial score (nSPS) is 11.9. The standard InChI is InChI=1S/C11H15N3O5S/c1-13-8(3-4-9(13)14(18)19)10(15)12-7(11(16)17)5-6-20-2/h3-4,7H,5-6H2,1-2H3,(H,12,15)(H,16,17)/t7-/m0/s1. The molecule has 0 unspecified atom stereocenters. The van der Waals surface area contributed by atoms with Crippen LogP contribution >= 0.6 is 11.8 Å². The fourth-order valence-corrected chi connectivity index (χ4v) is 2.11. The van der Waals surface area contributed by atoms with Crippen molar-refractivity contribution in [3.05, 3.63) is 27.9 Å². The summed E-state index contributed by atoms with van der Waals surface area (Å²) in [7, 11) is 1.38. The first kappa shape index (κ1) is 16.0. The Balaban J connectivity index is 2.84. The Morgan fingerprint density at radius 3 is 2.65 bits per heavy atom. The van der Waals surface area contributed by atoms with E-state index in [1.54, 1.807) is 0 Å². The van der Waals surface area contributed by atoms with Crippen LogP contribution < -0.4 is 5.32 Å². The molecular weight excluding hydrogens is 286 g/mol. The van der Waals surface area contributed by atoms with Gasteiger partial charge in [0.2, 0.25) is 0 Å². The van der Waals surface area contributed by atoms with Crippen molar-refractivity contribution in [2.45, 2.75) is 12.5 Å². The third kappa shape index (κ3) is 3.73. The number of nitrogens with zero attached hydrogens (tertiary/aromatic N) is 2. The van der Waals surface area contributed by atoms with Crippen molar-refractivity contribution in [3.8, 4) is 0 Å². The van der Waals surface area contributed by atoms with Gasteiger partial charge in [0.25, 0.3) is 5.91 Å². The van der Waals surface area contributed by atoms with E-state index < -0.39 is 22.8 Å². The van der Waals surface area contributed by atoms with Crippen LogP contribution in [-0.2, 0) is 11.8 Å². The first-order chi connectivity index (χ1) is 9.38. The number of carboxylic acids is 1. The highest BCUT2D eigenvalue weighted by atomic mass is 32.2. The second kappa shape index (κ2) is 6.94. The summed E-state index contributed by atoms with van der Waals surface area (Å²) in [5.41, 5.74) is 0.0482. The molecule has 110 valence electrons. The number of thioether (sulfide) groups is 1. The highest BCUT2D eigenvalue weighted by molar-refractivity contribution is 7.98. The lowest BCUT2D eigenvalue weighted by atomic mass is 10.2. The molecule has 0 saturated carbocycles. The molecule has 20 heavy (non-hydrogen) atoms. The predicted octanol–water partition coefficient (Wildman–Crippen LogP) is 0.869. The summed E-state index contributed by atoms with van der Waals surface area (Å²) in [4.78, 5) is 33.1. The summed E-state index contributed by atoms with van der Waals surface area (Å²) in [6, 6.07) is 1.48. The van der Waals surface area contributed by atoms with Crippen LogP contribution in [-0.4, -0.2) is 44.5 Å². The van der Waals surface area contributed by atoms with Crippen molar-refractivity contribution in [1.29, 1.82) is 0 Å². The second-order valence-corrected chi connectivity index (χ2v) is 5.02. The Morgan fingerprint density at radius 1 is 1.55 bits per heavy atom. The van der Waals surface area contributed by atoms with E-state index in [1.165, 1.54) is 30.9 Å². The van der Waals surface area contributed by atoms with Gasteiger partial charge in [0, 0.05) is 6.07 Å². The van der Waals surface area contributed by atoms with Gasteiger partial charge in [0.1, 0.15) is 6.04 Å². The number of amides is 1. The largest absolute Gasteiger partial charge is 0.480 e. The topological polar surface area (TPSA) is 114 Å². The highest BCUT2D eigenvalue weighted by Gasteiger charge is 2.25. The van der Waals surface area contributed by atoms with Gasteiger partial charge in [0.15, 0.2) is 5.69 Å². The Bertz CT molecular complexity index is 528. The summed E-state index contributed by atoms with van der Waals surface area (Å²) in [6.07, 6.45) is 2.12. The smallest absolute Gasteiger partial charge is 0.326 e. The van der Waals surface area contributed by atoms with E-state index in [4.69, 9.17) is 5.11 Å². The molecule has 1 atom stereocenters. The predicted molar refractivity (Wildman–Crippen MR) is 74.0 cm³/mol. The van der Waals surface area contributed by atoms with Gasteiger partial charge in [-0.25, -0.2) is 9.36 Å². The number of hydrogen-bond donors (Lipinski definition) is 2. The summed E-state index contributed by atoms with van der Waals surface area (Å²) in [5.74, 6) is -1.42. The molecule has 2 N–H and O–H groups in total. The lowest BCUT2D eigenvalue weighted by Gasteiger charge is -2.13. The number of aromatic nitrogens is 1. The lowest BCUT2D eigenvalue weighted by Crippen LogP contribution is -2.41. The average molecular weight is 301 g/mol. The van der Waals surface area contributed by atoms with E-state index in [9.17, 15) is 19.7 Å². The number of nitrogens with one attached hydrogen (secondary N) is 1. The summed E-state index contributed by atoms with van der Waals surface area (Å²) in [5, 5.41) is 22.1. The van der Waals surface area contributed by atoms with Gasteiger partial charge in [-0.1, -0.05) is 0 Å². The Hall–Kier alpha value is -2.03. The maximum atomic E-state index is 12.0. The molecule has 0 spiro atoms. The van der Waals surface area contributed by atoms with Gasteiger partial charge in [0.05, 0.1) is 7.05 Å². The molecule has 0 aliphatic carbocycles. The third-order valence-electron chi connectivity index (χ3n) is 2.73. The zero-order chi connectivity index (χ0) is 15.3. The molecule has 1 amide bonds. The monoisotopic (exact) mass is 301 g/mol. The van der Waals surface area contributed by atoms with E-state index >= 15 is 0 Å². The van der Waals surface area contributed by atoms with E-state index in [0.717, 1.165) is 4.57 Å². The molecule has 0 aliphatic rings. The van der Waals surface area contributed by atoms with Crippen molar-refractivity contribution >= 4 is 29.5 Å². The summed E-state index contributed by atoms with van der Waals surface area (Å²) < 4.78 is 1.11.